The Bertz CT molecular complexity index is 470. The van der Waals surface area contributed by atoms with Gasteiger partial charge in [0.1, 0.15) is 0 Å². The fourth-order valence-corrected chi connectivity index (χ4v) is 3.61. The highest BCUT2D eigenvalue weighted by molar-refractivity contribution is 5.87. The third-order valence-corrected chi connectivity index (χ3v) is 4.98. The summed E-state index contributed by atoms with van der Waals surface area (Å²) in [6.07, 6.45) is 5.93. The molecule has 2 N–H and O–H groups in total. The van der Waals surface area contributed by atoms with Gasteiger partial charge in [0.05, 0.1) is 0 Å². The van der Waals surface area contributed by atoms with Crippen molar-refractivity contribution in [2.75, 3.05) is 26.2 Å². The number of likely N-dealkylation sites (tertiary alicyclic amines) is 2. The summed E-state index contributed by atoms with van der Waals surface area (Å²) < 4.78 is 0. The predicted molar refractivity (Wildman–Crippen MR) is 87.2 cm³/mol. The van der Waals surface area contributed by atoms with Crippen molar-refractivity contribution < 1.29 is 14.4 Å². The fraction of sp³-hybridized carbons (Fsp3) is 0.706. The number of rotatable bonds is 4. The van der Waals surface area contributed by atoms with Gasteiger partial charge in [-0.15, -0.1) is 0 Å². The molecule has 23 heavy (non-hydrogen) atoms. The maximum atomic E-state index is 12.7. The Kier molecular flexibility index (Phi) is 6.19. The molecule has 128 valence electrons. The number of hydrogen-bond acceptors (Lipinski definition) is 3. The standard InChI is InChI=1S/C17H27N3O3/c1-2-16(22)19-10-6-14(7-11-19)17(23)20-8-3-4-13(5-9-20)12-15(18)21/h2,13-14H,1,3-12H2,(H2,18,21). The molecule has 1 atom stereocenters. The van der Waals surface area contributed by atoms with E-state index in [0.29, 0.717) is 32.0 Å². The van der Waals surface area contributed by atoms with Crippen LogP contribution in [0.1, 0.15) is 38.5 Å². The average molecular weight is 321 g/mol. The van der Waals surface area contributed by atoms with Crippen LogP contribution in [0.4, 0.5) is 0 Å². The molecule has 6 heteroatoms. The highest BCUT2D eigenvalue weighted by Crippen LogP contribution is 2.24. The van der Waals surface area contributed by atoms with E-state index in [-0.39, 0.29) is 23.6 Å². The molecule has 0 aromatic carbocycles. The molecule has 0 aliphatic carbocycles. The summed E-state index contributed by atoms with van der Waals surface area (Å²) in [5.41, 5.74) is 5.28. The molecule has 1 unspecified atom stereocenters. The molecule has 0 spiro atoms. The van der Waals surface area contributed by atoms with Crippen LogP contribution < -0.4 is 5.73 Å². The van der Waals surface area contributed by atoms with Gasteiger partial charge in [0.25, 0.3) is 0 Å². The molecule has 0 radical (unpaired) electrons. The Morgan fingerprint density at radius 3 is 2.26 bits per heavy atom. The van der Waals surface area contributed by atoms with E-state index in [9.17, 15) is 14.4 Å². The van der Waals surface area contributed by atoms with Crippen LogP contribution in [-0.2, 0) is 14.4 Å². The lowest BCUT2D eigenvalue weighted by molar-refractivity contribution is -0.139. The van der Waals surface area contributed by atoms with Crippen molar-refractivity contribution in [3.63, 3.8) is 0 Å². The summed E-state index contributed by atoms with van der Waals surface area (Å²) >= 11 is 0. The van der Waals surface area contributed by atoms with E-state index in [1.165, 1.54) is 6.08 Å². The first kappa shape index (κ1) is 17.5. The lowest BCUT2D eigenvalue weighted by Crippen LogP contribution is -2.44. The van der Waals surface area contributed by atoms with Crippen LogP contribution in [0, 0.1) is 11.8 Å². The second-order valence-electron chi connectivity index (χ2n) is 6.60. The molecule has 0 bridgehead atoms. The van der Waals surface area contributed by atoms with Crippen LogP contribution in [0.15, 0.2) is 12.7 Å². The van der Waals surface area contributed by atoms with Crippen LogP contribution in [0.25, 0.3) is 0 Å². The van der Waals surface area contributed by atoms with Crippen molar-refractivity contribution in [2.45, 2.75) is 38.5 Å². The highest BCUT2D eigenvalue weighted by Gasteiger charge is 2.30. The van der Waals surface area contributed by atoms with Crippen LogP contribution in [0.3, 0.4) is 0 Å². The third kappa shape index (κ3) is 4.81. The van der Waals surface area contributed by atoms with E-state index >= 15 is 0 Å². The zero-order valence-corrected chi connectivity index (χ0v) is 13.7. The minimum atomic E-state index is -0.256. The molecular formula is C17H27N3O3. The molecular weight excluding hydrogens is 294 g/mol. The molecule has 2 fully saturated rings. The summed E-state index contributed by atoms with van der Waals surface area (Å²) in [7, 11) is 0. The van der Waals surface area contributed by atoms with Gasteiger partial charge in [0, 0.05) is 38.5 Å². The van der Waals surface area contributed by atoms with E-state index < -0.39 is 0 Å². The zero-order chi connectivity index (χ0) is 16.8. The number of amides is 3. The number of nitrogens with zero attached hydrogens (tertiary/aromatic N) is 2. The molecule has 2 aliphatic rings. The monoisotopic (exact) mass is 321 g/mol. The van der Waals surface area contributed by atoms with Gasteiger partial charge in [0.15, 0.2) is 0 Å². The van der Waals surface area contributed by atoms with E-state index in [2.05, 4.69) is 6.58 Å². The third-order valence-electron chi connectivity index (χ3n) is 4.98. The normalized spacial score (nSPS) is 23.2. The van der Waals surface area contributed by atoms with Gasteiger partial charge in [-0.2, -0.15) is 0 Å². The maximum Gasteiger partial charge on any atom is 0.245 e. The van der Waals surface area contributed by atoms with E-state index in [0.717, 1.165) is 38.6 Å². The first-order valence-corrected chi connectivity index (χ1v) is 8.49. The zero-order valence-electron chi connectivity index (χ0n) is 13.7. The molecule has 0 aromatic heterocycles. The lowest BCUT2D eigenvalue weighted by atomic mass is 9.95. The van der Waals surface area contributed by atoms with Gasteiger partial charge in [-0.1, -0.05) is 6.58 Å². The van der Waals surface area contributed by atoms with Gasteiger partial charge >= 0.3 is 0 Å². The number of nitrogens with two attached hydrogens (primary N) is 1. The second kappa shape index (κ2) is 8.13. The quantitative estimate of drug-likeness (QED) is 0.781. The van der Waals surface area contributed by atoms with Crippen molar-refractivity contribution in [1.82, 2.24) is 9.80 Å². The van der Waals surface area contributed by atoms with E-state index in [4.69, 9.17) is 5.73 Å². The molecule has 2 saturated heterocycles. The Morgan fingerprint density at radius 1 is 1.00 bits per heavy atom. The Balaban J connectivity index is 1.83. The van der Waals surface area contributed by atoms with Crippen molar-refractivity contribution in [2.24, 2.45) is 17.6 Å². The van der Waals surface area contributed by atoms with Gasteiger partial charge in [-0.3, -0.25) is 14.4 Å². The molecule has 2 rings (SSSR count). The van der Waals surface area contributed by atoms with Crippen molar-refractivity contribution in [1.29, 1.82) is 0 Å². The number of piperidine rings is 1. The molecule has 0 saturated carbocycles. The van der Waals surface area contributed by atoms with E-state index in [1.54, 1.807) is 4.90 Å². The number of carbonyl (C=O) groups is 3. The van der Waals surface area contributed by atoms with Gasteiger partial charge in [-0.25, -0.2) is 0 Å². The van der Waals surface area contributed by atoms with Gasteiger partial charge in [-0.05, 0) is 44.1 Å². The van der Waals surface area contributed by atoms with Crippen molar-refractivity contribution in [3.05, 3.63) is 12.7 Å². The maximum absolute atomic E-state index is 12.7. The smallest absolute Gasteiger partial charge is 0.245 e. The molecule has 2 aliphatic heterocycles. The Morgan fingerprint density at radius 2 is 1.65 bits per heavy atom. The summed E-state index contributed by atoms with van der Waals surface area (Å²) in [5.74, 6) is 0.207. The molecule has 6 nitrogen and oxygen atoms in total. The van der Waals surface area contributed by atoms with Crippen LogP contribution in [0.2, 0.25) is 0 Å². The summed E-state index contributed by atoms with van der Waals surface area (Å²) in [4.78, 5) is 39.0. The summed E-state index contributed by atoms with van der Waals surface area (Å²) in [6, 6.07) is 0. The number of primary amides is 1. The SMILES string of the molecule is C=CC(=O)N1CCC(C(=O)N2CCCC(CC(N)=O)CC2)CC1. The van der Waals surface area contributed by atoms with Gasteiger partial charge < -0.3 is 15.5 Å². The first-order chi connectivity index (χ1) is 11.0. The van der Waals surface area contributed by atoms with E-state index in [1.807, 2.05) is 4.90 Å². The first-order valence-electron chi connectivity index (χ1n) is 8.49. The average Bonchev–Trinajstić information content (AvgIpc) is 2.78. The predicted octanol–water partition coefficient (Wildman–Crippen LogP) is 0.915. The molecule has 2 heterocycles. The minimum absolute atomic E-state index is 0.0107. The Labute approximate surface area is 137 Å². The fourth-order valence-electron chi connectivity index (χ4n) is 3.61. The van der Waals surface area contributed by atoms with Crippen LogP contribution >= 0.6 is 0 Å². The lowest BCUT2D eigenvalue weighted by Gasteiger charge is -2.33. The van der Waals surface area contributed by atoms with Crippen LogP contribution in [0.5, 0.6) is 0 Å². The highest BCUT2D eigenvalue weighted by atomic mass is 16.2. The largest absolute Gasteiger partial charge is 0.370 e. The topological polar surface area (TPSA) is 83.7 Å². The van der Waals surface area contributed by atoms with Gasteiger partial charge in [0.2, 0.25) is 17.7 Å². The van der Waals surface area contributed by atoms with Crippen LogP contribution in [-0.4, -0.2) is 53.7 Å². The minimum Gasteiger partial charge on any atom is -0.370 e. The summed E-state index contributed by atoms with van der Waals surface area (Å²) in [6.45, 7) is 6.23. The van der Waals surface area contributed by atoms with Crippen molar-refractivity contribution >= 4 is 17.7 Å². The molecule has 3 amide bonds. The number of hydrogen-bond donors (Lipinski definition) is 1. The Hall–Kier alpha value is -1.85. The second-order valence-corrected chi connectivity index (χ2v) is 6.60. The van der Waals surface area contributed by atoms with Crippen molar-refractivity contribution in [3.8, 4) is 0 Å². The molecule has 0 aromatic rings. The number of carbonyl (C=O) groups excluding carboxylic acids is 3. The summed E-state index contributed by atoms with van der Waals surface area (Å²) in [5, 5.41) is 0.